The Hall–Kier alpha value is -2.82. The van der Waals surface area contributed by atoms with Gasteiger partial charge in [-0.05, 0) is 63.5 Å². The minimum atomic E-state index is 0.0147. The summed E-state index contributed by atoms with van der Waals surface area (Å²) in [6.07, 6.45) is 5.04. The molecule has 2 amide bonds. The molecule has 0 atom stereocenters. The third-order valence-electron chi connectivity index (χ3n) is 5.76. The van der Waals surface area contributed by atoms with Crippen molar-refractivity contribution in [3.05, 3.63) is 58.9 Å². The number of rotatable bonds is 4. The van der Waals surface area contributed by atoms with Crippen molar-refractivity contribution in [2.75, 3.05) is 27.2 Å². The highest BCUT2D eigenvalue weighted by atomic mass is 16.2. The number of benzene rings is 1. The highest BCUT2D eigenvalue weighted by molar-refractivity contribution is 5.92. The molecule has 1 aromatic carbocycles. The molecule has 1 fully saturated rings. The van der Waals surface area contributed by atoms with E-state index in [-0.39, 0.29) is 17.7 Å². The second kappa shape index (κ2) is 8.68. The van der Waals surface area contributed by atoms with Gasteiger partial charge in [0, 0.05) is 56.3 Å². The van der Waals surface area contributed by atoms with Crippen LogP contribution in [0.15, 0.2) is 36.4 Å². The first-order chi connectivity index (χ1) is 13.8. The number of aromatic nitrogens is 1. The molecule has 0 saturated carbocycles. The number of hydrogen-bond acceptors (Lipinski definition) is 2. The van der Waals surface area contributed by atoms with Gasteiger partial charge < -0.3 is 14.4 Å². The van der Waals surface area contributed by atoms with Crippen LogP contribution in [-0.4, -0.2) is 53.4 Å². The molecule has 5 nitrogen and oxygen atoms in total. The van der Waals surface area contributed by atoms with Gasteiger partial charge in [-0.15, -0.1) is 0 Å². The highest BCUT2D eigenvalue weighted by Gasteiger charge is 2.27. The number of hydrogen-bond donors (Lipinski definition) is 0. The Labute approximate surface area is 173 Å². The topological polar surface area (TPSA) is 45.6 Å². The Morgan fingerprint density at radius 2 is 1.66 bits per heavy atom. The maximum Gasteiger partial charge on any atom is 0.246 e. The van der Waals surface area contributed by atoms with E-state index in [1.54, 1.807) is 25.1 Å². The van der Waals surface area contributed by atoms with E-state index < -0.39 is 0 Å². The number of carbonyl (C=O) groups is 2. The zero-order valence-corrected chi connectivity index (χ0v) is 18.1. The van der Waals surface area contributed by atoms with Crippen LogP contribution in [0, 0.1) is 26.7 Å². The van der Waals surface area contributed by atoms with Crippen molar-refractivity contribution in [1.29, 1.82) is 0 Å². The van der Waals surface area contributed by atoms with E-state index in [0.717, 1.165) is 35.5 Å². The lowest BCUT2D eigenvalue weighted by atomic mass is 9.95. The fourth-order valence-corrected chi connectivity index (χ4v) is 4.03. The summed E-state index contributed by atoms with van der Waals surface area (Å²) in [5.74, 6) is 0.212. The Balaban J connectivity index is 1.68. The molecule has 1 saturated heterocycles. The van der Waals surface area contributed by atoms with Crippen molar-refractivity contribution in [2.45, 2.75) is 33.6 Å². The van der Waals surface area contributed by atoms with Crippen LogP contribution < -0.4 is 0 Å². The summed E-state index contributed by atoms with van der Waals surface area (Å²) in [5.41, 5.74) is 5.67. The van der Waals surface area contributed by atoms with E-state index in [1.807, 2.05) is 11.0 Å². The second-order valence-electron chi connectivity index (χ2n) is 8.16. The van der Waals surface area contributed by atoms with Gasteiger partial charge in [0.2, 0.25) is 11.8 Å². The predicted molar refractivity (Wildman–Crippen MR) is 117 cm³/mol. The molecule has 29 heavy (non-hydrogen) atoms. The lowest BCUT2D eigenvalue weighted by Gasteiger charge is -2.31. The van der Waals surface area contributed by atoms with Crippen LogP contribution in [0.4, 0.5) is 0 Å². The van der Waals surface area contributed by atoms with Crippen LogP contribution in [-0.2, 0) is 9.59 Å². The Morgan fingerprint density at radius 3 is 2.24 bits per heavy atom. The van der Waals surface area contributed by atoms with Gasteiger partial charge in [-0.2, -0.15) is 0 Å². The third kappa shape index (κ3) is 4.61. The molecule has 2 aromatic rings. The maximum atomic E-state index is 12.6. The van der Waals surface area contributed by atoms with Crippen molar-refractivity contribution >= 4 is 17.9 Å². The lowest BCUT2D eigenvalue weighted by molar-refractivity contribution is -0.137. The van der Waals surface area contributed by atoms with Crippen LogP contribution in [0.1, 0.15) is 35.4 Å². The molecule has 154 valence electrons. The molecule has 5 heteroatoms. The molecule has 0 N–H and O–H groups in total. The number of carbonyl (C=O) groups excluding carboxylic acids is 2. The zero-order chi connectivity index (χ0) is 21.1. The van der Waals surface area contributed by atoms with E-state index in [0.29, 0.717) is 13.1 Å². The Bertz CT molecular complexity index is 914. The monoisotopic (exact) mass is 393 g/mol. The van der Waals surface area contributed by atoms with Gasteiger partial charge in [0.25, 0.3) is 0 Å². The number of likely N-dealkylation sites (tertiary alicyclic amines) is 1. The molecule has 0 aliphatic carbocycles. The normalized spacial score (nSPS) is 15.1. The minimum Gasteiger partial charge on any atom is -0.349 e. The van der Waals surface area contributed by atoms with Crippen LogP contribution in [0.25, 0.3) is 11.8 Å². The first-order valence-electron chi connectivity index (χ1n) is 10.2. The maximum absolute atomic E-state index is 12.6. The summed E-state index contributed by atoms with van der Waals surface area (Å²) in [4.78, 5) is 28.2. The highest BCUT2D eigenvalue weighted by Crippen LogP contribution is 2.23. The average molecular weight is 394 g/mol. The number of nitrogens with zero attached hydrogens (tertiary/aromatic N) is 3. The van der Waals surface area contributed by atoms with Crippen LogP contribution in [0.3, 0.4) is 0 Å². The predicted octanol–water partition coefficient (Wildman–Crippen LogP) is 3.74. The third-order valence-corrected chi connectivity index (χ3v) is 5.76. The fraction of sp³-hybridized carbons (Fsp3) is 0.417. The van der Waals surface area contributed by atoms with Crippen molar-refractivity contribution < 1.29 is 9.59 Å². The molecule has 0 spiro atoms. The van der Waals surface area contributed by atoms with Crippen molar-refractivity contribution in [2.24, 2.45) is 5.92 Å². The summed E-state index contributed by atoms with van der Waals surface area (Å²) < 4.78 is 2.21. The van der Waals surface area contributed by atoms with Crippen LogP contribution >= 0.6 is 0 Å². The molecule has 0 radical (unpaired) electrons. The molecule has 1 aliphatic rings. The van der Waals surface area contributed by atoms with Gasteiger partial charge in [-0.3, -0.25) is 9.59 Å². The smallest absolute Gasteiger partial charge is 0.246 e. The van der Waals surface area contributed by atoms with E-state index in [4.69, 9.17) is 0 Å². The Morgan fingerprint density at radius 1 is 1.03 bits per heavy atom. The van der Waals surface area contributed by atoms with E-state index in [2.05, 4.69) is 55.7 Å². The Kier molecular flexibility index (Phi) is 6.26. The lowest BCUT2D eigenvalue weighted by Crippen LogP contribution is -2.42. The summed E-state index contributed by atoms with van der Waals surface area (Å²) in [6.45, 7) is 7.51. The molecular formula is C24H31N3O2. The molecule has 0 unspecified atom stereocenters. The van der Waals surface area contributed by atoms with Crippen molar-refractivity contribution in [3.63, 3.8) is 0 Å². The molecule has 2 heterocycles. The first kappa shape index (κ1) is 20.9. The standard InChI is InChI=1S/C24H31N3O2/c1-17-6-9-22(10-7-17)27-18(2)16-21(19(27)3)8-11-23(28)26-14-12-20(13-15-26)24(29)25(4)5/h6-11,16,20H,12-15H2,1-5H3/b11-8+. The SMILES string of the molecule is Cc1ccc(-n2c(C)cc(/C=C/C(=O)N3CCC(C(=O)N(C)C)CC3)c2C)cc1. The van der Waals surface area contributed by atoms with Crippen LogP contribution in [0.5, 0.6) is 0 Å². The van der Waals surface area contributed by atoms with Crippen molar-refractivity contribution in [3.8, 4) is 5.69 Å². The molecule has 3 rings (SSSR count). The summed E-state index contributed by atoms with van der Waals surface area (Å²) in [5, 5.41) is 0. The van der Waals surface area contributed by atoms with E-state index in [1.165, 1.54) is 5.56 Å². The number of amides is 2. The summed E-state index contributed by atoms with van der Waals surface area (Å²) in [6, 6.07) is 10.6. The van der Waals surface area contributed by atoms with E-state index in [9.17, 15) is 9.59 Å². The number of aryl methyl sites for hydroxylation is 2. The molecule has 0 bridgehead atoms. The fourth-order valence-electron chi connectivity index (χ4n) is 4.03. The van der Waals surface area contributed by atoms with Gasteiger partial charge in [0.05, 0.1) is 0 Å². The quantitative estimate of drug-likeness (QED) is 0.743. The molecular weight excluding hydrogens is 362 g/mol. The summed E-state index contributed by atoms with van der Waals surface area (Å²) in [7, 11) is 3.57. The van der Waals surface area contributed by atoms with Gasteiger partial charge >= 0.3 is 0 Å². The van der Waals surface area contributed by atoms with Gasteiger partial charge in [0.1, 0.15) is 0 Å². The zero-order valence-electron chi connectivity index (χ0n) is 18.1. The first-order valence-corrected chi connectivity index (χ1v) is 10.2. The minimum absolute atomic E-state index is 0.0147. The summed E-state index contributed by atoms with van der Waals surface area (Å²) >= 11 is 0. The van der Waals surface area contributed by atoms with Gasteiger partial charge in [0.15, 0.2) is 0 Å². The largest absolute Gasteiger partial charge is 0.349 e. The molecule has 1 aliphatic heterocycles. The number of piperidine rings is 1. The van der Waals surface area contributed by atoms with Crippen molar-refractivity contribution in [1.82, 2.24) is 14.4 Å². The van der Waals surface area contributed by atoms with Gasteiger partial charge in [-0.25, -0.2) is 0 Å². The van der Waals surface area contributed by atoms with E-state index >= 15 is 0 Å². The second-order valence-corrected chi connectivity index (χ2v) is 8.16. The van der Waals surface area contributed by atoms with Crippen LogP contribution in [0.2, 0.25) is 0 Å². The van der Waals surface area contributed by atoms with Gasteiger partial charge in [-0.1, -0.05) is 17.7 Å². The average Bonchev–Trinajstić information content (AvgIpc) is 2.99. The molecule has 1 aromatic heterocycles.